The van der Waals surface area contributed by atoms with Gasteiger partial charge in [0.25, 0.3) is 0 Å². The van der Waals surface area contributed by atoms with E-state index < -0.39 is 0 Å². The molecule has 0 aliphatic heterocycles. The zero-order valence-corrected chi connectivity index (χ0v) is 11.3. The van der Waals surface area contributed by atoms with Crippen LogP contribution < -0.4 is 10.5 Å². The summed E-state index contributed by atoms with van der Waals surface area (Å²) >= 11 is 0. The fraction of sp³-hybridized carbons (Fsp3) is 0.600. The summed E-state index contributed by atoms with van der Waals surface area (Å²) in [5.74, 6) is 2.38. The van der Waals surface area contributed by atoms with Crippen LogP contribution in [-0.2, 0) is 0 Å². The Morgan fingerprint density at radius 1 is 1.29 bits per heavy atom. The molecule has 0 bridgehead atoms. The molecule has 1 atom stereocenters. The van der Waals surface area contributed by atoms with E-state index in [1.165, 1.54) is 35.1 Å². The van der Waals surface area contributed by atoms with Gasteiger partial charge in [-0.05, 0) is 74.2 Å². The molecule has 1 saturated carbocycles. The molecule has 2 rings (SSSR count). The Morgan fingerprint density at radius 3 is 2.41 bits per heavy atom. The zero-order valence-electron chi connectivity index (χ0n) is 11.3. The maximum atomic E-state index is 5.95. The molecule has 1 aliphatic carbocycles. The number of nitrogens with two attached hydrogens (primary N) is 1. The number of hydrogen-bond donors (Lipinski definition) is 1. The lowest BCUT2D eigenvalue weighted by Crippen LogP contribution is -2.16. The van der Waals surface area contributed by atoms with Crippen LogP contribution in [0.5, 0.6) is 5.75 Å². The number of hydrogen-bond acceptors (Lipinski definition) is 2. The highest BCUT2D eigenvalue weighted by atomic mass is 16.5. The standard InChI is InChI=1S/C15H23NO/c1-9-7-13(14(8-16)12-5-6-12)10(2)11(3)15(9)17-4/h7,12,14H,5-6,8,16H2,1-4H3. The summed E-state index contributed by atoms with van der Waals surface area (Å²) in [6.45, 7) is 7.22. The van der Waals surface area contributed by atoms with Crippen molar-refractivity contribution in [2.45, 2.75) is 39.5 Å². The third kappa shape index (κ3) is 2.19. The lowest BCUT2D eigenvalue weighted by molar-refractivity contribution is 0.407. The van der Waals surface area contributed by atoms with Gasteiger partial charge in [0, 0.05) is 0 Å². The molecule has 1 aromatic carbocycles. The quantitative estimate of drug-likeness (QED) is 0.867. The van der Waals surface area contributed by atoms with E-state index in [-0.39, 0.29) is 0 Å². The van der Waals surface area contributed by atoms with E-state index in [0.29, 0.717) is 5.92 Å². The number of rotatable bonds is 4. The second-order valence-electron chi connectivity index (χ2n) is 5.25. The number of benzene rings is 1. The van der Waals surface area contributed by atoms with E-state index in [1.807, 2.05) is 0 Å². The summed E-state index contributed by atoms with van der Waals surface area (Å²) in [5.41, 5.74) is 11.2. The van der Waals surface area contributed by atoms with Crippen LogP contribution in [-0.4, -0.2) is 13.7 Å². The Balaban J connectivity index is 2.47. The van der Waals surface area contributed by atoms with E-state index in [9.17, 15) is 0 Å². The summed E-state index contributed by atoms with van der Waals surface area (Å²) in [4.78, 5) is 0. The average molecular weight is 233 g/mol. The van der Waals surface area contributed by atoms with Gasteiger partial charge in [-0.3, -0.25) is 0 Å². The summed E-state index contributed by atoms with van der Waals surface area (Å²) < 4.78 is 5.47. The van der Waals surface area contributed by atoms with E-state index in [2.05, 4.69) is 26.8 Å². The van der Waals surface area contributed by atoms with Crippen LogP contribution in [0.4, 0.5) is 0 Å². The predicted molar refractivity (Wildman–Crippen MR) is 71.7 cm³/mol. The molecule has 1 unspecified atom stereocenters. The van der Waals surface area contributed by atoms with Gasteiger partial charge in [-0.25, -0.2) is 0 Å². The maximum absolute atomic E-state index is 5.95. The minimum absolute atomic E-state index is 0.540. The molecular weight excluding hydrogens is 210 g/mol. The molecule has 1 aliphatic rings. The molecule has 1 aromatic rings. The minimum atomic E-state index is 0.540. The topological polar surface area (TPSA) is 35.2 Å². The smallest absolute Gasteiger partial charge is 0.124 e. The van der Waals surface area contributed by atoms with Crippen molar-refractivity contribution < 1.29 is 4.74 Å². The van der Waals surface area contributed by atoms with E-state index in [4.69, 9.17) is 10.5 Å². The van der Waals surface area contributed by atoms with Crippen LogP contribution in [0, 0.1) is 26.7 Å². The first kappa shape index (κ1) is 12.4. The van der Waals surface area contributed by atoms with Gasteiger partial charge >= 0.3 is 0 Å². The van der Waals surface area contributed by atoms with Crippen molar-refractivity contribution >= 4 is 0 Å². The number of methoxy groups -OCH3 is 1. The predicted octanol–water partition coefficient (Wildman–Crippen LogP) is 3.07. The number of ether oxygens (including phenoxy) is 1. The van der Waals surface area contributed by atoms with Crippen LogP contribution >= 0.6 is 0 Å². The van der Waals surface area contributed by atoms with Gasteiger partial charge in [0.15, 0.2) is 0 Å². The van der Waals surface area contributed by atoms with Crippen LogP contribution in [0.25, 0.3) is 0 Å². The van der Waals surface area contributed by atoms with Crippen LogP contribution in [0.2, 0.25) is 0 Å². The highest BCUT2D eigenvalue weighted by Gasteiger charge is 2.32. The summed E-state index contributed by atoms with van der Waals surface area (Å²) in [6.07, 6.45) is 2.68. The lowest BCUT2D eigenvalue weighted by atomic mass is 9.87. The summed E-state index contributed by atoms with van der Waals surface area (Å²) in [5, 5.41) is 0. The Hall–Kier alpha value is -1.02. The van der Waals surface area contributed by atoms with Gasteiger partial charge in [0.2, 0.25) is 0 Å². The molecule has 94 valence electrons. The van der Waals surface area contributed by atoms with Crippen molar-refractivity contribution in [1.82, 2.24) is 0 Å². The van der Waals surface area contributed by atoms with Gasteiger partial charge in [0.05, 0.1) is 7.11 Å². The Labute approximate surface area is 104 Å². The third-order valence-electron chi connectivity index (χ3n) is 4.11. The molecule has 0 saturated heterocycles. The molecule has 2 N–H and O–H groups in total. The van der Waals surface area contributed by atoms with Gasteiger partial charge in [-0.1, -0.05) is 6.07 Å². The highest BCUT2D eigenvalue weighted by Crippen LogP contribution is 2.44. The van der Waals surface area contributed by atoms with Crippen molar-refractivity contribution in [2.75, 3.05) is 13.7 Å². The number of aryl methyl sites for hydroxylation is 1. The zero-order chi connectivity index (χ0) is 12.6. The summed E-state index contributed by atoms with van der Waals surface area (Å²) in [7, 11) is 1.75. The van der Waals surface area contributed by atoms with Gasteiger partial charge in [-0.15, -0.1) is 0 Å². The maximum Gasteiger partial charge on any atom is 0.124 e. The molecular formula is C15H23NO. The molecule has 2 heteroatoms. The van der Waals surface area contributed by atoms with Crippen LogP contribution in [0.3, 0.4) is 0 Å². The minimum Gasteiger partial charge on any atom is -0.496 e. The SMILES string of the molecule is COc1c(C)cc(C(CN)C2CC2)c(C)c1C. The van der Waals surface area contributed by atoms with Crippen molar-refractivity contribution in [3.63, 3.8) is 0 Å². The van der Waals surface area contributed by atoms with Crippen molar-refractivity contribution in [3.05, 3.63) is 28.3 Å². The van der Waals surface area contributed by atoms with Crippen molar-refractivity contribution in [3.8, 4) is 5.75 Å². The molecule has 1 fully saturated rings. The second-order valence-corrected chi connectivity index (χ2v) is 5.25. The molecule has 0 amide bonds. The highest BCUT2D eigenvalue weighted by molar-refractivity contribution is 5.50. The molecule has 0 radical (unpaired) electrons. The van der Waals surface area contributed by atoms with Gasteiger partial charge in [-0.2, -0.15) is 0 Å². The van der Waals surface area contributed by atoms with Crippen LogP contribution in [0.1, 0.15) is 41.0 Å². The Bertz CT molecular complexity index is 421. The average Bonchev–Trinajstić information content (AvgIpc) is 3.11. The van der Waals surface area contributed by atoms with E-state index in [1.54, 1.807) is 7.11 Å². The normalized spacial score (nSPS) is 17.0. The first-order valence-corrected chi connectivity index (χ1v) is 6.44. The molecule has 0 spiro atoms. The Morgan fingerprint density at radius 2 is 1.94 bits per heavy atom. The van der Waals surface area contributed by atoms with Gasteiger partial charge < -0.3 is 10.5 Å². The van der Waals surface area contributed by atoms with Crippen molar-refractivity contribution in [2.24, 2.45) is 11.7 Å². The lowest BCUT2D eigenvalue weighted by Gasteiger charge is -2.21. The second kappa shape index (κ2) is 4.69. The fourth-order valence-corrected chi connectivity index (χ4v) is 2.86. The Kier molecular flexibility index (Phi) is 3.43. The largest absolute Gasteiger partial charge is 0.496 e. The molecule has 0 heterocycles. The van der Waals surface area contributed by atoms with E-state index >= 15 is 0 Å². The molecule has 17 heavy (non-hydrogen) atoms. The first-order chi connectivity index (χ1) is 8.10. The monoisotopic (exact) mass is 233 g/mol. The third-order valence-corrected chi connectivity index (χ3v) is 4.11. The molecule has 2 nitrogen and oxygen atoms in total. The molecule has 0 aromatic heterocycles. The van der Waals surface area contributed by atoms with Crippen molar-refractivity contribution in [1.29, 1.82) is 0 Å². The van der Waals surface area contributed by atoms with Gasteiger partial charge in [0.1, 0.15) is 5.75 Å². The first-order valence-electron chi connectivity index (χ1n) is 6.44. The summed E-state index contributed by atoms with van der Waals surface area (Å²) in [6, 6.07) is 2.27. The fourth-order valence-electron chi connectivity index (χ4n) is 2.86. The van der Waals surface area contributed by atoms with Crippen LogP contribution in [0.15, 0.2) is 6.07 Å². The van der Waals surface area contributed by atoms with E-state index in [0.717, 1.165) is 18.2 Å².